The number of halogens is 1. The molecule has 0 aliphatic heterocycles. The van der Waals surface area contributed by atoms with Gasteiger partial charge in [0.25, 0.3) is 0 Å². The van der Waals surface area contributed by atoms with Crippen molar-refractivity contribution in [3.63, 3.8) is 0 Å². The highest BCUT2D eigenvalue weighted by atomic mass is 35.5. The van der Waals surface area contributed by atoms with Gasteiger partial charge in [-0.1, -0.05) is 38.0 Å². The second kappa shape index (κ2) is 7.33. The first kappa shape index (κ1) is 14.0. The Bertz CT molecular complexity index is 337. The van der Waals surface area contributed by atoms with Crippen LogP contribution >= 0.6 is 11.6 Å². The van der Waals surface area contributed by atoms with Crippen LogP contribution in [0.1, 0.15) is 33.1 Å². The lowest BCUT2D eigenvalue weighted by atomic mass is 10.2. The fourth-order valence-electron chi connectivity index (χ4n) is 1.71. The zero-order chi connectivity index (χ0) is 12.7. The molecule has 1 rings (SSSR count). The molecule has 1 atom stereocenters. The molecule has 94 valence electrons. The molecule has 0 aliphatic carbocycles. The summed E-state index contributed by atoms with van der Waals surface area (Å²) in [5.74, 6) is -0.0195. The molecule has 17 heavy (non-hydrogen) atoms. The molecule has 0 saturated heterocycles. The Morgan fingerprint density at radius 2 is 1.94 bits per heavy atom. The zero-order valence-corrected chi connectivity index (χ0v) is 11.3. The number of rotatable bonds is 6. The van der Waals surface area contributed by atoms with E-state index in [0.29, 0.717) is 0 Å². The van der Waals surface area contributed by atoms with Gasteiger partial charge in [-0.25, -0.2) is 0 Å². The van der Waals surface area contributed by atoms with Crippen molar-refractivity contribution in [1.29, 1.82) is 0 Å². The van der Waals surface area contributed by atoms with Gasteiger partial charge >= 0.3 is 0 Å². The van der Waals surface area contributed by atoms with Gasteiger partial charge in [0.05, 0.1) is 0 Å². The maximum Gasteiger partial charge on any atom is 0.244 e. The number of amides is 1. The van der Waals surface area contributed by atoms with Crippen molar-refractivity contribution in [3.05, 3.63) is 30.3 Å². The predicted molar refractivity (Wildman–Crippen MR) is 73.6 cm³/mol. The molecule has 0 radical (unpaired) electrons. The van der Waals surface area contributed by atoms with Crippen LogP contribution in [-0.2, 0) is 4.79 Å². The zero-order valence-electron chi connectivity index (χ0n) is 10.5. The summed E-state index contributed by atoms with van der Waals surface area (Å²) in [6.45, 7) is 4.62. The van der Waals surface area contributed by atoms with Crippen LogP contribution in [-0.4, -0.2) is 17.8 Å². The topological polar surface area (TPSA) is 20.3 Å². The average Bonchev–Trinajstić information content (AvgIpc) is 2.35. The highest BCUT2D eigenvalue weighted by Gasteiger charge is 2.19. The number of unbranched alkanes of at least 4 members (excludes halogenated alkanes) is 2. The van der Waals surface area contributed by atoms with Crippen LogP contribution in [0.5, 0.6) is 0 Å². The first-order valence-corrected chi connectivity index (χ1v) is 6.61. The van der Waals surface area contributed by atoms with Gasteiger partial charge in [-0.3, -0.25) is 4.79 Å². The monoisotopic (exact) mass is 253 g/mol. The van der Waals surface area contributed by atoms with Gasteiger partial charge in [-0.2, -0.15) is 0 Å². The minimum Gasteiger partial charge on any atom is -0.311 e. The fourth-order valence-corrected chi connectivity index (χ4v) is 1.83. The van der Waals surface area contributed by atoms with Crippen molar-refractivity contribution in [2.24, 2.45) is 0 Å². The first-order chi connectivity index (χ1) is 8.16. The Hall–Kier alpha value is -1.02. The maximum atomic E-state index is 12.0. The number of anilines is 1. The van der Waals surface area contributed by atoms with Crippen molar-refractivity contribution in [1.82, 2.24) is 0 Å². The normalized spacial score (nSPS) is 12.2. The van der Waals surface area contributed by atoms with E-state index in [9.17, 15) is 4.79 Å². The molecule has 1 unspecified atom stereocenters. The largest absolute Gasteiger partial charge is 0.311 e. The quantitative estimate of drug-likeness (QED) is 0.557. The molecular weight excluding hydrogens is 234 g/mol. The van der Waals surface area contributed by atoms with E-state index in [1.807, 2.05) is 30.3 Å². The van der Waals surface area contributed by atoms with Crippen LogP contribution in [0.4, 0.5) is 5.69 Å². The van der Waals surface area contributed by atoms with Gasteiger partial charge in [-0.15, -0.1) is 11.6 Å². The average molecular weight is 254 g/mol. The fraction of sp³-hybridized carbons (Fsp3) is 0.500. The van der Waals surface area contributed by atoms with Crippen molar-refractivity contribution >= 4 is 23.2 Å². The summed E-state index contributed by atoms with van der Waals surface area (Å²) in [5, 5.41) is -0.475. The first-order valence-electron chi connectivity index (χ1n) is 6.17. The number of carbonyl (C=O) groups is 1. The Morgan fingerprint density at radius 3 is 2.47 bits per heavy atom. The van der Waals surface area contributed by atoms with Crippen molar-refractivity contribution in [3.8, 4) is 0 Å². The van der Waals surface area contributed by atoms with E-state index in [1.54, 1.807) is 11.8 Å². The lowest BCUT2D eigenvalue weighted by molar-refractivity contribution is -0.118. The molecule has 0 aromatic heterocycles. The Balaban J connectivity index is 2.76. The second-order valence-electron chi connectivity index (χ2n) is 4.15. The number of hydrogen-bond acceptors (Lipinski definition) is 1. The Morgan fingerprint density at radius 1 is 1.29 bits per heavy atom. The van der Waals surface area contributed by atoms with Crippen LogP contribution in [0.25, 0.3) is 0 Å². The van der Waals surface area contributed by atoms with Crippen LogP contribution in [0, 0.1) is 0 Å². The van der Waals surface area contributed by atoms with Crippen LogP contribution < -0.4 is 4.90 Å². The molecule has 1 aromatic rings. The summed E-state index contributed by atoms with van der Waals surface area (Å²) in [6.07, 6.45) is 3.29. The molecule has 0 spiro atoms. The van der Waals surface area contributed by atoms with Crippen molar-refractivity contribution in [2.45, 2.75) is 38.5 Å². The van der Waals surface area contributed by atoms with Crippen molar-refractivity contribution < 1.29 is 4.79 Å². The van der Waals surface area contributed by atoms with Gasteiger partial charge in [0.15, 0.2) is 0 Å². The molecule has 3 heteroatoms. The number of para-hydroxylation sites is 1. The smallest absolute Gasteiger partial charge is 0.244 e. The third-order valence-electron chi connectivity index (χ3n) is 2.66. The third kappa shape index (κ3) is 4.39. The van der Waals surface area contributed by atoms with E-state index >= 15 is 0 Å². The van der Waals surface area contributed by atoms with Gasteiger partial charge < -0.3 is 4.90 Å². The lowest BCUT2D eigenvalue weighted by Gasteiger charge is -2.24. The SMILES string of the molecule is CCCCCN(C(=O)C(C)Cl)c1ccccc1. The van der Waals surface area contributed by atoms with Gasteiger partial charge in [0.1, 0.15) is 5.38 Å². The van der Waals surface area contributed by atoms with E-state index in [2.05, 4.69) is 6.92 Å². The number of carbonyl (C=O) groups excluding carboxylic acids is 1. The van der Waals surface area contributed by atoms with Crippen LogP contribution in [0.3, 0.4) is 0 Å². The molecule has 1 amide bonds. The molecule has 0 heterocycles. The summed E-state index contributed by atoms with van der Waals surface area (Å²) in [7, 11) is 0. The summed E-state index contributed by atoms with van der Waals surface area (Å²) in [5.41, 5.74) is 0.932. The Labute approximate surface area is 109 Å². The maximum absolute atomic E-state index is 12.0. The molecule has 0 N–H and O–H groups in total. The molecule has 0 saturated carbocycles. The summed E-state index contributed by atoms with van der Waals surface area (Å²) >= 11 is 5.89. The van der Waals surface area contributed by atoms with E-state index in [-0.39, 0.29) is 5.91 Å². The molecule has 0 bridgehead atoms. The molecule has 1 aromatic carbocycles. The van der Waals surface area contributed by atoms with E-state index < -0.39 is 5.38 Å². The summed E-state index contributed by atoms with van der Waals surface area (Å²) in [6, 6.07) is 9.72. The third-order valence-corrected chi connectivity index (χ3v) is 2.85. The summed E-state index contributed by atoms with van der Waals surface area (Å²) in [4.78, 5) is 13.8. The van der Waals surface area contributed by atoms with E-state index in [1.165, 1.54) is 0 Å². The standard InChI is InChI=1S/C14H20ClNO/c1-3-4-8-11-16(14(17)12(2)15)13-9-6-5-7-10-13/h5-7,9-10,12H,3-4,8,11H2,1-2H3. The number of benzene rings is 1. The predicted octanol–water partition coefficient (Wildman–Crippen LogP) is 3.84. The highest BCUT2D eigenvalue weighted by Crippen LogP contribution is 2.17. The second-order valence-corrected chi connectivity index (χ2v) is 4.80. The lowest BCUT2D eigenvalue weighted by Crippen LogP contribution is -2.36. The number of hydrogen-bond donors (Lipinski definition) is 0. The van der Waals surface area contributed by atoms with E-state index in [0.717, 1.165) is 31.5 Å². The van der Waals surface area contributed by atoms with Crippen LogP contribution in [0.15, 0.2) is 30.3 Å². The summed E-state index contributed by atoms with van der Waals surface area (Å²) < 4.78 is 0. The van der Waals surface area contributed by atoms with Gasteiger partial charge in [-0.05, 0) is 25.5 Å². The highest BCUT2D eigenvalue weighted by molar-refractivity contribution is 6.32. The molecule has 0 fully saturated rings. The van der Waals surface area contributed by atoms with Gasteiger partial charge in [0.2, 0.25) is 5.91 Å². The van der Waals surface area contributed by atoms with E-state index in [4.69, 9.17) is 11.6 Å². The molecule has 2 nitrogen and oxygen atoms in total. The minimum atomic E-state index is -0.475. The molecule has 0 aliphatic rings. The van der Waals surface area contributed by atoms with Crippen LogP contribution in [0.2, 0.25) is 0 Å². The minimum absolute atomic E-state index is 0.0195. The van der Waals surface area contributed by atoms with Crippen molar-refractivity contribution in [2.75, 3.05) is 11.4 Å². The molecular formula is C14H20ClNO. The number of alkyl halides is 1. The Kier molecular flexibility index (Phi) is 6.06. The number of nitrogens with zero attached hydrogens (tertiary/aromatic N) is 1. The van der Waals surface area contributed by atoms with Gasteiger partial charge in [0, 0.05) is 12.2 Å².